The lowest BCUT2D eigenvalue weighted by Crippen LogP contribution is -2.29. The number of carbonyl (C=O) groups excluding carboxylic acids is 1. The average Bonchev–Trinajstić information content (AvgIpc) is 2.77. The second-order valence-corrected chi connectivity index (χ2v) is 7.82. The molecular weight excluding hydrogens is 294 g/mol. The van der Waals surface area contributed by atoms with Crippen LogP contribution in [0.3, 0.4) is 0 Å². The third kappa shape index (κ3) is 4.65. The summed E-state index contributed by atoms with van der Waals surface area (Å²) in [5.41, 5.74) is -0.00192. The lowest BCUT2D eigenvalue weighted by atomic mass is 10.4. The Balaban J connectivity index is 2.63. The van der Waals surface area contributed by atoms with E-state index in [1.165, 1.54) is 6.92 Å². The Morgan fingerprint density at radius 3 is 2.47 bits per heavy atom. The van der Waals surface area contributed by atoms with E-state index < -0.39 is 25.8 Å². The van der Waals surface area contributed by atoms with Crippen molar-refractivity contribution in [3.8, 4) is 0 Å². The summed E-state index contributed by atoms with van der Waals surface area (Å²) in [5, 5.41) is 7.26. The molecule has 0 bridgehead atoms. The number of hydrogen-bond donors (Lipinski definition) is 3. The van der Waals surface area contributed by atoms with E-state index in [0.29, 0.717) is 0 Å². The largest absolute Gasteiger partial charge is 0.356 e. The molecule has 19 heavy (non-hydrogen) atoms. The third-order valence-electron chi connectivity index (χ3n) is 2.37. The number of nitrogens with two attached hydrogens (primary N) is 1. The van der Waals surface area contributed by atoms with E-state index in [9.17, 15) is 21.6 Å². The molecule has 10 heteroatoms. The number of rotatable bonds is 6. The van der Waals surface area contributed by atoms with Gasteiger partial charge in [0.1, 0.15) is 5.69 Å². The Kier molecular flexibility index (Phi) is 4.71. The number of hydrogen-bond acceptors (Lipinski definition) is 5. The fourth-order valence-corrected chi connectivity index (χ4v) is 2.44. The minimum absolute atomic E-state index is 0.000930. The number of carbonyl (C=O) groups is 1. The van der Waals surface area contributed by atoms with Crippen LogP contribution >= 0.6 is 0 Å². The van der Waals surface area contributed by atoms with Crippen LogP contribution in [-0.2, 0) is 19.9 Å². The molecule has 0 aliphatic heterocycles. The van der Waals surface area contributed by atoms with Gasteiger partial charge >= 0.3 is 0 Å². The van der Waals surface area contributed by atoms with Gasteiger partial charge in [-0.3, -0.25) is 4.79 Å². The van der Waals surface area contributed by atoms with Crippen molar-refractivity contribution in [2.24, 2.45) is 5.14 Å². The number of primary sulfonamides is 1. The Labute approximate surface area is 111 Å². The molecule has 0 aliphatic carbocycles. The molecule has 0 atom stereocenters. The van der Waals surface area contributed by atoms with Crippen molar-refractivity contribution in [2.45, 2.75) is 11.8 Å². The summed E-state index contributed by atoms with van der Waals surface area (Å²) in [4.78, 5) is 13.8. The number of aromatic amines is 1. The van der Waals surface area contributed by atoms with Gasteiger partial charge in [-0.05, 0) is 6.07 Å². The highest BCUT2D eigenvalue weighted by Gasteiger charge is 2.15. The number of sulfonamides is 1. The SMILES string of the molecule is CCS(=O)(=O)CCNC(=O)c1cc(S(N)(=O)=O)c[nH]1. The zero-order valence-corrected chi connectivity index (χ0v) is 11.8. The molecule has 108 valence electrons. The van der Waals surface area contributed by atoms with Gasteiger partial charge in [0.15, 0.2) is 9.84 Å². The van der Waals surface area contributed by atoms with Gasteiger partial charge in [-0.1, -0.05) is 6.92 Å². The molecule has 8 nitrogen and oxygen atoms in total. The van der Waals surface area contributed by atoms with Crippen LogP contribution in [0.4, 0.5) is 0 Å². The smallest absolute Gasteiger partial charge is 0.267 e. The third-order valence-corrected chi connectivity index (χ3v) is 4.97. The Bertz CT molecular complexity index is 660. The van der Waals surface area contributed by atoms with Crippen LogP contribution in [0, 0.1) is 0 Å². The van der Waals surface area contributed by atoms with Gasteiger partial charge < -0.3 is 10.3 Å². The van der Waals surface area contributed by atoms with Crippen LogP contribution in [0.15, 0.2) is 17.2 Å². The van der Waals surface area contributed by atoms with Gasteiger partial charge in [-0.15, -0.1) is 0 Å². The molecule has 0 spiro atoms. The molecule has 0 saturated carbocycles. The number of nitrogens with one attached hydrogen (secondary N) is 2. The van der Waals surface area contributed by atoms with Gasteiger partial charge in [0.25, 0.3) is 5.91 Å². The highest BCUT2D eigenvalue weighted by atomic mass is 32.2. The quantitative estimate of drug-likeness (QED) is 0.607. The predicted molar refractivity (Wildman–Crippen MR) is 68.8 cm³/mol. The maximum Gasteiger partial charge on any atom is 0.267 e. The van der Waals surface area contributed by atoms with Crippen LogP contribution in [-0.4, -0.2) is 45.8 Å². The zero-order valence-electron chi connectivity index (χ0n) is 10.2. The minimum Gasteiger partial charge on any atom is -0.356 e. The van der Waals surface area contributed by atoms with Crippen molar-refractivity contribution < 1.29 is 21.6 Å². The van der Waals surface area contributed by atoms with Crippen molar-refractivity contribution >= 4 is 25.8 Å². The number of amides is 1. The monoisotopic (exact) mass is 309 g/mol. The number of H-pyrrole nitrogens is 1. The Morgan fingerprint density at radius 1 is 1.37 bits per heavy atom. The highest BCUT2D eigenvalue weighted by Crippen LogP contribution is 2.08. The molecule has 0 aromatic carbocycles. The summed E-state index contributed by atoms with van der Waals surface area (Å²) in [5.74, 6) is -0.764. The van der Waals surface area contributed by atoms with E-state index in [-0.39, 0.29) is 28.6 Å². The van der Waals surface area contributed by atoms with Crippen molar-refractivity contribution in [2.75, 3.05) is 18.1 Å². The molecule has 0 unspecified atom stereocenters. The van der Waals surface area contributed by atoms with Crippen LogP contribution in [0.1, 0.15) is 17.4 Å². The van der Waals surface area contributed by atoms with E-state index in [4.69, 9.17) is 5.14 Å². The first-order chi connectivity index (χ1) is 8.65. The van der Waals surface area contributed by atoms with Crippen LogP contribution in [0.2, 0.25) is 0 Å². The molecule has 0 saturated heterocycles. The van der Waals surface area contributed by atoms with Crippen molar-refractivity contribution in [1.82, 2.24) is 10.3 Å². The summed E-state index contributed by atoms with van der Waals surface area (Å²) >= 11 is 0. The topological polar surface area (TPSA) is 139 Å². The first-order valence-corrected chi connectivity index (χ1v) is 8.72. The Morgan fingerprint density at radius 2 is 2.00 bits per heavy atom. The summed E-state index contributed by atoms with van der Waals surface area (Å²) in [6.45, 7) is 1.47. The molecule has 1 heterocycles. The van der Waals surface area contributed by atoms with E-state index in [0.717, 1.165) is 12.3 Å². The van der Waals surface area contributed by atoms with Crippen LogP contribution in [0.5, 0.6) is 0 Å². The van der Waals surface area contributed by atoms with E-state index >= 15 is 0 Å². The molecule has 4 N–H and O–H groups in total. The van der Waals surface area contributed by atoms with E-state index in [2.05, 4.69) is 10.3 Å². The Hall–Kier alpha value is -1.39. The molecule has 1 amide bonds. The number of sulfone groups is 1. The molecule has 0 aliphatic rings. The summed E-state index contributed by atoms with van der Waals surface area (Å²) in [6.07, 6.45) is 1.09. The maximum absolute atomic E-state index is 11.6. The van der Waals surface area contributed by atoms with Gasteiger partial charge in [-0.2, -0.15) is 0 Å². The second-order valence-electron chi connectivity index (χ2n) is 3.79. The van der Waals surface area contributed by atoms with Crippen molar-refractivity contribution in [3.05, 3.63) is 18.0 Å². The summed E-state index contributed by atoms with van der Waals surface area (Å²) < 4.78 is 44.4. The lowest BCUT2D eigenvalue weighted by Gasteiger charge is -2.03. The molecule has 0 fully saturated rings. The highest BCUT2D eigenvalue weighted by molar-refractivity contribution is 7.91. The predicted octanol–water partition coefficient (Wildman–Crippen LogP) is -1.17. The van der Waals surface area contributed by atoms with Crippen LogP contribution < -0.4 is 10.5 Å². The summed E-state index contributed by atoms with van der Waals surface area (Å²) in [6, 6.07) is 1.08. The first-order valence-electron chi connectivity index (χ1n) is 5.35. The maximum atomic E-state index is 11.6. The lowest BCUT2D eigenvalue weighted by molar-refractivity contribution is 0.0951. The standard InChI is InChI=1S/C9H15N3O5S2/c1-2-18(14,15)4-3-11-9(13)8-5-7(6-12-8)19(10,16)17/h5-6,12H,2-4H2,1H3,(H,11,13)(H2,10,16,17). The number of aromatic nitrogens is 1. The molecule has 1 rings (SSSR count). The molecule has 0 radical (unpaired) electrons. The van der Waals surface area contributed by atoms with Crippen LogP contribution in [0.25, 0.3) is 0 Å². The minimum atomic E-state index is -3.87. The normalized spacial score (nSPS) is 12.3. The molecular formula is C9H15N3O5S2. The second kappa shape index (κ2) is 5.72. The van der Waals surface area contributed by atoms with Gasteiger partial charge in [0.05, 0.1) is 10.6 Å². The van der Waals surface area contributed by atoms with Gasteiger partial charge in [0, 0.05) is 18.5 Å². The van der Waals surface area contributed by atoms with Crippen molar-refractivity contribution in [1.29, 1.82) is 0 Å². The molecule has 1 aromatic heterocycles. The summed E-state index contributed by atoms with van der Waals surface area (Å²) in [7, 11) is -7.03. The zero-order chi connectivity index (χ0) is 14.7. The van der Waals surface area contributed by atoms with E-state index in [1.54, 1.807) is 0 Å². The molecule has 1 aromatic rings. The average molecular weight is 309 g/mol. The van der Waals surface area contributed by atoms with Gasteiger partial charge in [-0.25, -0.2) is 22.0 Å². The van der Waals surface area contributed by atoms with Gasteiger partial charge in [0.2, 0.25) is 10.0 Å². The van der Waals surface area contributed by atoms with Crippen molar-refractivity contribution in [3.63, 3.8) is 0 Å². The van der Waals surface area contributed by atoms with E-state index in [1.807, 2.05) is 0 Å². The fraction of sp³-hybridized carbons (Fsp3) is 0.444. The first kappa shape index (κ1) is 15.7. The fourth-order valence-electron chi connectivity index (χ4n) is 1.23.